The van der Waals surface area contributed by atoms with E-state index < -0.39 is 0 Å². The van der Waals surface area contributed by atoms with Gasteiger partial charge in [0.1, 0.15) is 11.6 Å². The molecular weight excluding hydrogens is 386 g/mol. The molecule has 0 unspecified atom stereocenters. The molecule has 1 saturated heterocycles. The Bertz CT molecular complexity index is 998. The summed E-state index contributed by atoms with van der Waals surface area (Å²) in [6, 6.07) is 13.1. The van der Waals surface area contributed by atoms with Gasteiger partial charge in [-0.05, 0) is 31.2 Å². The van der Waals surface area contributed by atoms with Crippen LogP contribution in [0.25, 0.3) is 0 Å². The van der Waals surface area contributed by atoms with E-state index in [-0.39, 0.29) is 18.1 Å². The fourth-order valence-corrected chi connectivity index (χ4v) is 4.08. The summed E-state index contributed by atoms with van der Waals surface area (Å²) in [5, 5.41) is 15.8. The van der Waals surface area contributed by atoms with Crippen molar-refractivity contribution in [1.29, 1.82) is 0 Å². The van der Waals surface area contributed by atoms with E-state index in [0.717, 1.165) is 28.0 Å². The van der Waals surface area contributed by atoms with Crippen molar-refractivity contribution in [1.82, 2.24) is 14.9 Å². The molecule has 3 heterocycles. The molecule has 1 aliphatic heterocycles. The Labute approximate surface area is 173 Å². The number of nitrogens with one attached hydrogen (secondary N) is 1. The van der Waals surface area contributed by atoms with Gasteiger partial charge in [0.2, 0.25) is 5.91 Å². The Hall–Kier alpha value is -3.13. The number of aromatic hydroxyl groups is 1. The Morgan fingerprint density at radius 1 is 1.10 bits per heavy atom. The summed E-state index contributed by atoms with van der Waals surface area (Å²) in [6.07, 6.45) is 0.288. The first-order valence-corrected chi connectivity index (χ1v) is 10.4. The molecule has 1 aromatic carbocycles. The molecule has 3 aromatic rings. The third-order valence-corrected chi connectivity index (χ3v) is 5.67. The SMILES string of the molecule is Cc1cccc(Nc2nc(CC(=O)N3CCN(c4ccccc4O)CC3)cs2)n1. The van der Waals surface area contributed by atoms with Gasteiger partial charge in [0.15, 0.2) is 5.13 Å². The fraction of sp³-hybridized carbons (Fsp3) is 0.286. The number of aryl methyl sites for hydroxylation is 1. The molecule has 0 spiro atoms. The minimum atomic E-state index is 0.0764. The maximum atomic E-state index is 12.7. The Kier molecular flexibility index (Phi) is 5.62. The third-order valence-electron chi connectivity index (χ3n) is 4.86. The van der Waals surface area contributed by atoms with Gasteiger partial charge in [0.05, 0.1) is 17.8 Å². The van der Waals surface area contributed by atoms with Crippen LogP contribution in [-0.2, 0) is 11.2 Å². The van der Waals surface area contributed by atoms with Crippen molar-refractivity contribution in [3.8, 4) is 5.75 Å². The highest BCUT2D eigenvalue weighted by Crippen LogP contribution is 2.27. The Morgan fingerprint density at radius 3 is 2.66 bits per heavy atom. The number of hydrogen-bond acceptors (Lipinski definition) is 7. The second kappa shape index (κ2) is 8.48. The van der Waals surface area contributed by atoms with Crippen molar-refractivity contribution < 1.29 is 9.90 Å². The molecule has 7 nitrogen and oxygen atoms in total. The Morgan fingerprint density at radius 2 is 1.90 bits per heavy atom. The maximum Gasteiger partial charge on any atom is 0.228 e. The number of carbonyl (C=O) groups excluding carboxylic acids is 1. The van der Waals surface area contributed by atoms with E-state index in [1.807, 2.05) is 53.6 Å². The van der Waals surface area contributed by atoms with Crippen LogP contribution in [0.15, 0.2) is 47.8 Å². The number of amides is 1. The summed E-state index contributed by atoms with van der Waals surface area (Å²) in [6.45, 7) is 4.61. The molecule has 0 bridgehead atoms. The molecule has 29 heavy (non-hydrogen) atoms. The molecule has 0 aliphatic carbocycles. The fourth-order valence-electron chi connectivity index (χ4n) is 3.36. The van der Waals surface area contributed by atoms with E-state index in [9.17, 15) is 9.90 Å². The number of rotatable bonds is 5. The lowest BCUT2D eigenvalue weighted by atomic mass is 10.2. The molecular formula is C21H23N5O2S. The first kappa shape index (κ1) is 19.2. The summed E-state index contributed by atoms with van der Waals surface area (Å²) in [5.74, 6) is 1.10. The highest BCUT2D eigenvalue weighted by molar-refractivity contribution is 7.13. The van der Waals surface area contributed by atoms with Gasteiger partial charge in [-0.25, -0.2) is 9.97 Å². The van der Waals surface area contributed by atoms with Crippen LogP contribution >= 0.6 is 11.3 Å². The number of benzene rings is 1. The van der Waals surface area contributed by atoms with E-state index in [1.54, 1.807) is 6.07 Å². The molecule has 0 radical (unpaired) electrons. The molecule has 8 heteroatoms. The summed E-state index contributed by atoms with van der Waals surface area (Å²) in [4.78, 5) is 25.6. The van der Waals surface area contributed by atoms with Crippen molar-refractivity contribution in [3.63, 3.8) is 0 Å². The number of nitrogens with zero attached hydrogens (tertiary/aromatic N) is 4. The van der Waals surface area contributed by atoms with E-state index in [1.165, 1.54) is 11.3 Å². The van der Waals surface area contributed by atoms with Crippen LogP contribution in [0.5, 0.6) is 5.75 Å². The molecule has 4 rings (SSSR count). The zero-order valence-electron chi connectivity index (χ0n) is 16.2. The van der Waals surface area contributed by atoms with Crippen LogP contribution in [0.2, 0.25) is 0 Å². The van der Waals surface area contributed by atoms with Crippen LogP contribution in [0, 0.1) is 6.92 Å². The summed E-state index contributed by atoms with van der Waals surface area (Å²) in [5.41, 5.74) is 2.52. The molecule has 2 aromatic heterocycles. The van der Waals surface area contributed by atoms with E-state index in [0.29, 0.717) is 26.2 Å². The zero-order chi connectivity index (χ0) is 20.2. The zero-order valence-corrected chi connectivity index (χ0v) is 17.0. The largest absolute Gasteiger partial charge is 0.506 e. The van der Waals surface area contributed by atoms with Crippen molar-refractivity contribution in [2.24, 2.45) is 0 Å². The summed E-state index contributed by atoms with van der Waals surface area (Å²) >= 11 is 1.47. The molecule has 2 N–H and O–H groups in total. The van der Waals surface area contributed by atoms with Crippen molar-refractivity contribution in [2.45, 2.75) is 13.3 Å². The second-order valence-electron chi connectivity index (χ2n) is 6.97. The number of thiazole rings is 1. The average molecular weight is 410 g/mol. The number of phenolic OH excluding ortho intramolecular Hbond substituents is 1. The monoisotopic (exact) mass is 409 g/mol. The lowest BCUT2D eigenvalue weighted by Crippen LogP contribution is -2.49. The summed E-state index contributed by atoms with van der Waals surface area (Å²) in [7, 11) is 0. The number of pyridine rings is 1. The number of hydrogen-bond donors (Lipinski definition) is 2. The van der Waals surface area contributed by atoms with E-state index in [4.69, 9.17) is 0 Å². The second-order valence-corrected chi connectivity index (χ2v) is 7.82. The van der Waals surface area contributed by atoms with E-state index in [2.05, 4.69) is 20.2 Å². The third kappa shape index (κ3) is 4.65. The molecule has 0 saturated carbocycles. The first-order chi connectivity index (χ1) is 14.1. The number of anilines is 3. The van der Waals surface area contributed by atoms with Crippen LogP contribution < -0.4 is 10.2 Å². The van der Waals surface area contributed by atoms with Crippen LogP contribution in [0.1, 0.15) is 11.4 Å². The van der Waals surface area contributed by atoms with Gasteiger partial charge >= 0.3 is 0 Å². The lowest BCUT2D eigenvalue weighted by molar-refractivity contribution is -0.130. The predicted molar refractivity (Wildman–Crippen MR) is 115 cm³/mol. The average Bonchev–Trinajstić information content (AvgIpc) is 3.15. The minimum Gasteiger partial charge on any atom is -0.506 e. The van der Waals surface area contributed by atoms with Crippen molar-refractivity contribution in [3.05, 3.63) is 59.2 Å². The highest BCUT2D eigenvalue weighted by Gasteiger charge is 2.23. The number of carbonyl (C=O) groups is 1. The molecule has 0 atom stereocenters. The normalized spacial score (nSPS) is 14.1. The van der Waals surface area contributed by atoms with Gasteiger partial charge < -0.3 is 20.2 Å². The molecule has 1 aliphatic rings. The lowest BCUT2D eigenvalue weighted by Gasteiger charge is -2.36. The van der Waals surface area contributed by atoms with Gasteiger partial charge in [-0.15, -0.1) is 11.3 Å². The van der Waals surface area contributed by atoms with Crippen LogP contribution in [0.3, 0.4) is 0 Å². The highest BCUT2D eigenvalue weighted by atomic mass is 32.1. The number of para-hydroxylation sites is 2. The van der Waals surface area contributed by atoms with Crippen molar-refractivity contribution >= 4 is 33.9 Å². The van der Waals surface area contributed by atoms with Gasteiger partial charge in [-0.2, -0.15) is 0 Å². The topological polar surface area (TPSA) is 81.6 Å². The standard InChI is InChI=1S/C21H23N5O2S/c1-15-5-4-8-19(22-15)24-21-23-16(14-29-21)13-20(28)26-11-9-25(10-12-26)17-6-2-3-7-18(17)27/h2-8,14,27H,9-13H2,1H3,(H,22,23,24). The molecule has 1 fully saturated rings. The number of piperazine rings is 1. The molecule has 150 valence electrons. The van der Waals surface area contributed by atoms with Gasteiger partial charge in [0.25, 0.3) is 0 Å². The van der Waals surface area contributed by atoms with E-state index >= 15 is 0 Å². The van der Waals surface area contributed by atoms with Gasteiger partial charge in [-0.1, -0.05) is 18.2 Å². The Balaban J connectivity index is 1.31. The minimum absolute atomic E-state index is 0.0764. The van der Waals surface area contributed by atoms with Crippen LogP contribution in [-0.4, -0.2) is 52.1 Å². The smallest absolute Gasteiger partial charge is 0.228 e. The van der Waals surface area contributed by atoms with Crippen LogP contribution in [0.4, 0.5) is 16.6 Å². The maximum absolute atomic E-state index is 12.7. The predicted octanol–water partition coefficient (Wildman–Crippen LogP) is 3.19. The number of phenols is 1. The quantitative estimate of drug-likeness (QED) is 0.674. The number of aromatic nitrogens is 2. The van der Waals surface area contributed by atoms with Crippen molar-refractivity contribution in [2.75, 3.05) is 36.4 Å². The molecule has 1 amide bonds. The summed E-state index contributed by atoms with van der Waals surface area (Å²) < 4.78 is 0. The first-order valence-electron chi connectivity index (χ1n) is 9.54. The van der Waals surface area contributed by atoms with Gasteiger partial charge in [0, 0.05) is 37.3 Å². The van der Waals surface area contributed by atoms with Gasteiger partial charge in [-0.3, -0.25) is 4.79 Å².